The summed E-state index contributed by atoms with van der Waals surface area (Å²) in [6.07, 6.45) is 2.59. The molecule has 0 bridgehead atoms. The van der Waals surface area contributed by atoms with E-state index in [9.17, 15) is 9.59 Å². The van der Waals surface area contributed by atoms with Crippen molar-refractivity contribution < 1.29 is 14.3 Å². The van der Waals surface area contributed by atoms with Crippen LogP contribution in [0.2, 0.25) is 0 Å². The highest BCUT2D eigenvalue weighted by molar-refractivity contribution is 5.76. The zero-order valence-electron chi connectivity index (χ0n) is 14.0. The lowest BCUT2D eigenvalue weighted by atomic mass is 10.1. The van der Waals surface area contributed by atoms with Crippen molar-refractivity contribution in [2.45, 2.75) is 37.6 Å². The normalized spacial score (nSPS) is 26.8. The number of tetrazole rings is 1. The van der Waals surface area contributed by atoms with E-state index in [2.05, 4.69) is 25.7 Å². The van der Waals surface area contributed by atoms with Gasteiger partial charge in [-0.1, -0.05) is 0 Å². The molecule has 24 heavy (non-hydrogen) atoms. The molecule has 0 saturated carbocycles. The van der Waals surface area contributed by atoms with Crippen molar-refractivity contribution in [3.8, 4) is 0 Å². The number of nitrogens with one attached hydrogen (secondary N) is 1. The van der Waals surface area contributed by atoms with Crippen LogP contribution in [0, 0.1) is 0 Å². The molecule has 132 valence electrons. The Hall–Kier alpha value is -2.07. The van der Waals surface area contributed by atoms with Crippen LogP contribution in [0.15, 0.2) is 6.33 Å². The molecule has 10 heteroatoms. The third kappa shape index (κ3) is 4.06. The maximum absolute atomic E-state index is 12.0. The van der Waals surface area contributed by atoms with Gasteiger partial charge >= 0.3 is 0 Å². The molecule has 0 spiro atoms. The van der Waals surface area contributed by atoms with Gasteiger partial charge in [-0.25, -0.2) is 4.68 Å². The fourth-order valence-electron chi connectivity index (χ4n) is 3.22. The molecular weight excluding hydrogens is 314 g/mol. The summed E-state index contributed by atoms with van der Waals surface area (Å²) in [4.78, 5) is 27.7. The molecule has 1 aromatic heterocycles. The molecular formula is C14H23N7O3. The number of hydrogen-bond acceptors (Lipinski definition) is 7. The lowest BCUT2D eigenvalue weighted by Crippen LogP contribution is -2.47. The van der Waals surface area contributed by atoms with Gasteiger partial charge in [-0.2, -0.15) is 0 Å². The number of nitrogens with zero attached hydrogens (tertiary/aromatic N) is 6. The number of rotatable bonds is 5. The van der Waals surface area contributed by atoms with Crippen molar-refractivity contribution in [1.29, 1.82) is 0 Å². The predicted molar refractivity (Wildman–Crippen MR) is 82.8 cm³/mol. The van der Waals surface area contributed by atoms with Gasteiger partial charge in [0, 0.05) is 39.3 Å². The molecule has 0 radical (unpaired) electrons. The van der Waals surface area contributed by atoms with Gasteiger partial charge in [-0.15, -0.1) is 5.10 Å². The third-order valence-electron chi connectivity index (χ3n) is 4.45. The number of carbonyl (C=O) groups excluding carboxylic acids is 2. The highest BCUT2D eigenvalue weighted by Crippen LogP contribution is 2.24. The Labute approximate surface area is 140 Å². The molecule has 2 amide bonds. The molecule has 0 unspecified atom stereocenters. The van der Waals surface area contributed by atoms with Crippen LogP contribution < -0.4 is 5.32 Å². The summed E-state index contributed by atoms with van der Waals surface area (Å²) in [5.74, 6) is -0.0312. The summed E-state index contributed by atoms with van der Waals surface area (Å²) in [5, 5.41) is 13.7. The Bertz CT molecular complexity index is 577. The molecule has 1 aromatic rings. The lowest BCUT2D eigenvalue weighted by Gasteiger charge is -2.35. The Morgan fingerprint density at radius 1 is 1.38 bits per heavy atom. The van der Waals surface area contributed by atoms with Gasteiger partial charge in [0.15, 0.2) is 0 Å². The van der Waals surface area contributed by atoms with Crippen LogP contribution in [-0.2, 0) is 20.9 Å². The number of amides is 2. The standard InChI is InChI=1S/C14H23N7O3/c1-19(2)14(23)4-12-6-20-5-10(3-11(20)8-24-12)16-13(22)7-21-9-15-17-18-21/h9-12H,3-8H2,1-2H3,(H,16,22)/t10-,11+,12+/m1/s1. The smallest absolute Gasteiger partial charge is 0.242 e. The molecule has 1 N–H and O–H groups in total. The Morgan fingerprint density at radius 2 is 2.21 bits per heavy atom. The van der Waals surface area contributed by atoms with Crippen LogP contribution in [0.3, 0.4) is 0 Å². The first-order chi connectivity index (χ1) is 11.5. The molecule has 2 fully saturated rings. The molecule has 2 aliphatic heterocycles. The monoisotopic (exact) mass is 337 g/mol. The fourth-order valence-corrected chi connectivity index (χ4v) is 3.22. The van der Waals surface area contributed by atoms with Crippen molar-refractivity contribution in [1.82, 2.24) is 35.3 Å². The van der Waals surface area contributed by atoms with Crippen LogP contribution in [-0.4, -0.2) is 93.8 Å². The van der Waals surface area contributed by atoms with Crippen molar-refractivity contribution in [2.24, 2.45) is 0 Å². The van der Waals surface area contributed by atoms with E-state index in [-0.39, 0.29) is 30.5 Å². The Morgan fingerprint density at radius 3 is 2.92 bits per heavy atom. The molecule has 3 rings (SSSR count). The number of morpholine rings is 1. The predicted octanol–water partition coefficient (Wildman–Crippen LogP) is -1.89. The van der Waals surface area contributed by atoms with Crippen LogP contribution in [0.5, 0.6) is 0 Å². The van der Waals surface area contributed by atoms with Crippen LogP contribution in [0.4, 0.5) is 0 Å². The minimum absolute atomic E-state index is 0.0731. The first-order valence-corrected chi connectivity index (χ1v) is 8.07. The minimum Gasteiger partial charge on any atom is -0.375 e. The summed E-state index contributed by atoms with van der Waals surface area (Å²) < 4.78 is 7.21. The molecule has 10 nitrogen and oxygen atoms in total. The molecule has 3 heterocycles. The molecule has 0 aliphatic carbocycles. The quantitative estimate of drug-likeness (QED) is 0.669. The summed E-state index contributed by atoms with van der Waals surface area (Å²) in [7, 11) is 3.50. The largest absolute Gasteiger partial charge is 0.375 e. The zero-order chi connectivity index (χ0) is 17.1. The van der Waals surface area contributed by atoms with E-state index in [1.807, 2.05) is 0 Å². The SMILES string of the molecule is CN(C)C(=O)C[C@H]1CN2C[C@H](NC(=O)Cn3cnnn3)C[C@H]2CO1. The highest BCUT2D eigenvalue weighted by Gasteiger charge is 2.38. The second-order valence-electron chi connectivity index (χ2n) is 6.56. The number of ether oxygens (including phenoxy) is 1. The van der Waals surface area contributed by atoms with Crippen LogP contribution in [0.1, 0.15) is 12.8 Å². The van der Waals surface area contributed by atoms with E-state index in [1.165, 1.54) is 11.0 Å². The summed E-state index contributed by atoms with van der Waals surface area (Å²) in [5.41, 5.74) is 0. The van der Waals surface area contributed by atoms with Crippen molar-refractivity contribution >= 4 is 11.8 Å². The maximum Gasteiger partial charge on any atom is 0.242 e. The van der Waals surface area contributed by atoms with E-state index < -0.39 is 0 Å². The molecule has 0 aromatic carbocycles. The average Bonchev–Trinajstić information content (AvgIpc) is 3.15. The number of fused-ring (bicyclic) bond motifs is 1. The average molecular weight is 337 g/mol. The van der Waals surface area contributed by atoms with Crippen molar-refractivity contribution in [2.75, 3.05) is 33.8 Å². The molecule has 2 aliphatic rings. The van der Waals surface area contributed by atoms with E-state index in [4.69, 9.17) is 4.74 Å². The minimum atomic E-state index is -0.104. The topological polar surface area (TPSA) is 105 Å². The van der Waals surface area contributed by atoms with Gasteiger partial charge < -0.3 is 15.0 Å². The number of aromatic nitrogens is 4. The van der Waals surface area contributed by atoms with Gasteiger partial charge in [-0.3, -0.25) is 14.5 Å². The van der Waals surface area contributed by atoms with Gasteiger partial charge in [-0.05, 0) is 16.8 Å². The van der Waals surface area contributed by atoms with Crippen LogP contribution >= 0.6 is 0 Å². The van der Waals surface area contributed by atoms with E-state index in [0.29, 0.717) is 19.1 Å². The van der Waals surface area contributed by atoms with Crippen LogP contribution in [0.25, 0.3) is 0 Å². The number of carbonyl (C=O) groups is 2. The maximum atomic E-state index is 12.0. The second kappa shape index (κ2) is 7.22. The zero-order valence-corrected chi connectivity index (χ0v) is 14.0. The van der Waals surface area contributed by atoms with Gasteiger partial charge in [0.1, 0.15) is 12.9 Å². The first kappa shape index (κ1) is 16.8. The van der Waals surface area contributed by atoms with Gasteiger partial charge in [0.25, 0.3) is 0 Å². The highest BCUT2D eigenvalue weighted by atomic mass is 16.5. The summed E-state index contributed by atoms with van der Waals surface area (Å²) >= 11 is 0. The Kier molecular flexibility index (Phi) is 5.05. The van der Waals surface area contributed by atoms with E-state index in [1.54, 1.807) is 19.0 Å². The van der Waals surface area contributed by atoms with Gasteiger partial charge in [0.05, 0.1) is 19.1 Å². The summed E-state index contributed by atoms with van der Waals surface area (Å²) in [6, 6.07) is 0.389. The van der Waals surface area contributed by atoms with Crippen molar-refractivity contribution in [3.05, 3.63) is 6.33 Å². The lowest BCUT2D eigenvalue weighted by molar-refractivity contribution is -0.134. The van der Waals surface area contributed by atoms with Gasteiger partial charge in [0.2, 0.25) is 11.8 Å². The molecule has 3 atom stereocenters. The molecule has 2 saturated heterocycles. The second-order valence-corrected chi connectivity index (χ2v) is 6.56. The number of hydrogen-bond donors (Lipinski definition) is 1. The third-order valence-corrected chi connectivity index (χ3v) is 4.45. The van der Waals surface area contributed by atoms with E-state index in [0.717, 1.165) is 19.5 Å². The first-order valence-electron chi connectivity index (χ1n) is 8.07. The summed E-state index contributed by atoms with van der Waals surface area (Å²) in [6.45, 7) is 2.22. The van der Waals surface area contributed by atoms with Crippen molar-refractivity contribution in [3.63, 3.8) is 0 Å². The van der Waals surface area contributed by atoms with E-state index >= 15 is 0 Å². The Balaban J connectivity index is 1.46. The fraction of sp³-hybridized carbons (Fsp3) is 0.786.